The van der Waals surface area contributed by atoms with Gasteiger partial charge in [0, 0.05) is 25.4 Å². The van der Waals surface area contributed by atoms with Crippen molar-refractivity contribution in [3.63, 3.8) is 0 Å². The van der Waals surface area contributed by atoms with Crippen LogP contribution in [0.3, 0.4) is 0 Å². The Morgan fingerprint density at radius 2 is 2.33 bits per heavy atom. The zero-order valence-corrected chi connectivity index (χ0v) is 14.2. The van der Waals surface area contributed by atoms with Gasteiger partial charge in [0.05, 0.1) is 37.2 Å². The molecule has 1 amide bonds. The molecule has 1 fully saturated rings. The molecule has 0 bridgehead atoms. The summed E-state index contributed by atoms with van der Waals surface area (Å²) in [5.41, 5.74) is 1.86. The number of carbonyl (C=O) groups excluding carboxylic acids is 1. The highest BCUT2D eigenvalue weighted by Gasteiger charge is 2.28. The fourth-order valence-electron chi connectivity index (χ4n) is 2.79. The van der Waals surface area contributed by atoms with Crippen molar-refractivity contribution < 1.29 is 14.1 Å². The molecule has 0 aromatic carbocycles. The van der Waals surface area contributed by atoms with E-state index in [1.807, 2.05) is 37.8 Å². The highest BCUT2D eigenvalue weighted by Crippen LogP contribution is 2.14. The molecule has 0 unspecified atom stereocenters. The number of hydrogen-bond acceptors (Lipinski definition) is 6. The molecule has 2 aromatic rings. The molecular formula is C16H23N5O3. The van der Waals surface area contributed by atoms with Gasteiger partial charge in [-0.15, -0.1) is 0 Å². The van der Waals surface area contributed by atoms with Crippen LogP contribution >= 0.6 is 0 Å². The third-order valence-electron chi connectivity index (χ3n) is 4.12. The summed E-state index contributed by atoms with van der Waals surface area (Å²) in [4.78, 5) is 14.5. The molecule has 0 radical (unpaired) electrons. The molecule has 1 aliphatic heterocycles. The third kappa shape index (κ3) is 4.01. The number of nitrogens with zero attached hydrogens (tertiary/aromatic N) is 4. The molecule has 0 saturated carbocycles. The maximum atomic E-state index is 12.4. The van der Waals surface area contributed by atoms with E-state index in [-0.39, 0.29) is 18.1 Å². The van der Waals surface area contributed by atoms with Crippen molar-refractivity contribution >= 4 is 11.8 Å². The van der Waals surface area contributed by atoms with Crippen molar-refractivity contribution in [1.82, 2.24) is 19.8 Å². The van der Waals surface area contributed by atoms with Crippen LogP contribution in [0, 0.1) is 13.8 Å². The highest BCUT2D eigenvalue weighted by atomic mass is 16.5. The summed E-state index contributed by atoms with van der Waals surface area (Å²) < 4.78 is 12.7. The van der Waals surface area contributed by atoms with Gasteiger partial charge in [-0.25, -0.2) is 0 Å². The van der Waals surface area contributed by atoms with Crippen LogP contribution in [0.1, 0.15) is 18.2 Å². The molecule has 0 aliphatic carbocycles. The van der Waals surface area contributed by atoms with Gasteiger partial charge in [-0.3, -0.25) is 19.7 Å². The first kappa shape index (κ1) is 16.7. The highest BCUT2D eigenvalue weighted by molar-refractivity contribution is 5.93. The summed E-state index contributed by atoms with van der Waals surface area (Å²) in [5.74, 6) is 0.267. The van der Waals surface area contributed by atoms with Crippen LogP contribution in [0.5, 0.6) is 0 Å². The standard InChI is InChI=1S/C16H23N5O3/c1-11-7-17-21(8-11)10-14-9-20(4-5-23-14)13(3)16(22)18-15-6-12(2)19-24-15/h6-8,13-14H,4-5,9-10H2,1-3H3,(H,18,22)/t13-,14+/m0/s1. The molecule has 130 valence electrons. The van der Waals surface area contributed by atoms with Gasteiger partial charge < -0.3 is 9.26 Å². The molecule has 1 N–H and O–H groups in total. The lowest BCUT2D eigenvalue weighted by Crippen LogP contribution is -2.51. The van der Waals surface area contributed by atoms with E-state index in [0.29, 0.717) is 25.6 Å². The fraction of sp³-hybridized carbons (Fsp3) is 0.562. The van der Waals surface area contributed by atoms with E-state index in [1.54, 1.807) is 6.07 Å². The predicted octanol–water partition coefficient (Wildman–Crippen LogP) is 1.22. The van der Waals surface area contributed by atoms with Crippen LogP contribution in [0.25, 0.3) is 0 Å². The number of anilines is 1. The quantitative estimate of drug-likeness (QED) is 0.885. The Labute approximate surface area is 140 Å². The molecule has 8 heteroatoms. The van der Waals surface area contributed by atoms with Crippen molar-refractivity contribution in [3.8, 4) is 0 Å². The summed E-state index contributed by atoms with van der Waals surface area (Å²) in [6.45, 7) is 8.39. The van der Waals surface area contributed by atoms with E-state index in [2.05, 4.69) is 20.5 Å². The van der Waals surface area contributed by atoms with Crippen LogP contribution in [-0.2, 0) is 16.1 Å². The Balaban J connectivity index is 1.55. The molecule has 0 spiro atoms. The number of rotatable bonds is 5. The molecule has 2 atom stereocenters. The Morgan fingerprint density at radius 3 is 3.00 bits per heavy atom. The second-order valence-corrected chi connectivity index (χ2v) is 6.23. The molecular weight excluding hydrogens is 310 g/mol. The third-order valence-corrected chi connectivity index (χ3v) is 4.12. The number of amides is 1. The average Bonchev–Trinajstić information content (AvgIpc) is 3.15. The Morgan fingerprint density at radius 1 is 1.50 bits per heavy atom. The fourth-order valence-corrected chi connectivity index (χ4v) is 2.79. The van der Waals surface area contributed by atoms with Crippen molar-refractivity contribution in [1.29, 1.82) is 0 Å². The van der Waals surface area contributed by atoms with Crippen molar-refractivity contribution in [3.05, 3.63) is 29.7 Å². The van der Waals surface area contributed by atoms with Gasteiger partial charge in [0.15, 0.2) is 0 Å². The summed E-state index contributed by atoms with van der Waals surface area (Å²) in [6.07, 6.45) is 3.83. The number of aryl methyl sites for hydroxylation is 2. The van der Waals surface area contributed by atoms with Gasteiger partial charge in [0.1, 0.15) is 0 Å². The number of nitrogens with one attached hydrogen (secondary N) is 1. The van der Waals surface area contributed by atoms with E-state index in [1.165, 1.54) is 0 Å². The molecule has 1 aliphatic rings. The molecule has 2 aromatic heterocycles. The second-order valence-electron chi connectivity index (χ2n) is 6.23. The van der Waals surface area contributed by atoms with Gasteiger partial charge in [-0.1, -0.05) is 5.16 Å². The van der Waals surface area contributed by atoms with E-state index in [0.717, 1.165) is 17.8 Å². The van der Waals surface area contributed by atoms with Crippen LogP contribution in [-0.4, -0.2) is 57.6 Å². The SMILES string of the molecule is Cc1cnn(C[C@H]2CN([C@@H](C)C(=O)Nc3cc(C)no3)CCO2)c1. The van der Waals surface area contributed by atoms with E-state index < -0.39 is 0 Å². The molecule has 3 heterocycles. The summed E-state index contributed by atoms with van der Waals surface area (Å²) in [5, 5.41) is 10.8. The number of morpholine rings is 1. The van der Waals surface area contributed by atoms with Crippen LogP contribution in [0.4, 0.5) is 5.88 Å². The maximum absolute atomic E-state index is 12.4. The summed E-state index contributed by atoms with van der Waals surface area (Å²) in [7, 11) is 0. The van der Waals surface area contributed by atoms with Crippen LogP contribution in [0.2, 0.25) is 0 Å². The van der Waals surface area contributed by atoms with E-state index in [9.17, 15) is 4.79 Å². The first-order valence-electron chi connectivity index (χ1n) is 8.10. The van der Waals surface area contributed by atoms with Crippen LogP contribution in [0.15, 0.2) is 23.0 Å². The zero-order chi connectivity index (χ0) is 17.1. The lowest BCUT2D eigenvalue weighted by Gasteiger charge is -2.35. The van der Waals surface area contributed by atoms with Gasteiger partial charge >= 0.3 is 0 Å². The minimum Gasteiger partial charge on any atom is -0.374 e. The van der Waals surface area contributed by atoms with Gasteiger partial charge in [-0.2, -0.15) is 5.10 Å². The normalized spacial score (nSPS) is 20.0. The number of aromatic nitrogens is 3. The minimum atomic E-state index is -0.277. The van der Waals surface area contributed by atoms with E-state index in [4.69, 9.17) is 9.26 Å². The smallest absolute Gasteiger partial charge is 0.243 e. The Hall–Kier alpha value is -2.19. The van der Waals surface area contributed by atoms with Crippen molar-refractivity contribution in [2.75, 3.05) is 25.0 Å². The Kier molecular flexibility index (Phi) is 4.96. The zero-order valence-electron chi connectivity index (χ0n) is 14.2. The molecule has 1 saturated heterocycles. The lowest BCUT2D eigenvalue weighted by atomic mass is 10.2. The summed E-state index contributed by atoms with van der Waals surface area (Å²) in [6, 6.07) is 1.42. The minimum absolute atomic E-state index is 0.0147. The second kappa shape index (κ2) is 7.14. The van der Waals surface area contributed by atoms with Gasteiger partial charge in [-0.05, 0) is 26.3 Å². The van der Waals surface area contributed by atoms with Crippen molar-refractivity contribution in [2.24, 2.45) is 0 Å². The maximum Gasteiger partial charge on any atom is 0.243 e. The van der Waals surface area contributed by atoms with Crippen molar-refractivity contribution in [2.45, 2.75) is 39.5 Å². The first-order valence-corrected chi connectivity index (χ1v) is 8.10. The number of ether oxygens (including phenoxy) is 1. The van der Waals surface area contributed by atoms with Crippen LogP contribution < -0.4 is 5.32 Å². The molecule has 3 rings (SSSR count). The summed E-state index contributed by atoms with van der Waals surface area (Å²) >= 11 is 0. The number of carbonyl (C=O) groups is 1. The monoisotopic (exact) mass is 333 g/mol. The predicted molar refractivity (Wildman–Crippen MR) is 87.6 cm³/mol. The van der Waals surface area contributed by atoms with Gasteiger partial charge in [0.25, 0.3) is 0 Å². The topological polar surface area (TPSA) is 85.4 Å². The number of hydrogen-bond donors (Lipinski definition) is 1. The Bertz CT molecular complexity index is 695. The van der Waals surface area contributed by atoms with Gasteiger partial charge in [0.2, 0.25) is 11.8 Å². The molecule has 8 nitrogen and oxygen atoms in total. The van der Waals surface area contributed by atoms with E-state index >= 15 is 0 Å². The molecule has 24 heavy (non-hydrogen) atoms. The first-order chi connectivity index (χ1) is 11.5. The largest absolute Gasteiger partial charge is 0.374 e. The lowest BCUT2D eigenvalue weighted by molar-refractivity contribution is -0.124. The average molecular weight is 333 g/mol.